The predicted molar refractivity (Wildman–Crippen MR) is 69.6 cm³/mol. The Hall–Kier alpha value is -0.820. The van der Waals surface area contributed by atoms with Crippen LogP contribution in [0.5, 0.6) is 0 Å². The Morgan fingerprint density at radius 2 is 2.06 bits per heavy atom. The van der Waals surface area contributed by atoms with Gasteiger partial charge in [-0.05, 0) is 48.3 Å². The minimum Gasteiger partial charge on any atom is -0.324 e. The highest BCUT2D eigenvalue weighted by molar-refractivity contribution is 5.38. The molecule has 1 aliphatic carbocycles. The average molecular weight is 217 g/mol. The van der Waals surface area contributed by atoms with Gasteiger partial charge in [0, 0.05) is 6.04 Å². The zero-order valence-corrected chi connectivity index (χ0v) is 10.5. The number of fused-ring (bicyclic) bond motifs is 1. The van der Waals surface area contributed by atoms with E-state index in [1.54, 1.807) is 0 Å². The normalized spacial score (nSPS) is 24.2. The van der Waals surface area contributed by atoms with Gasteiger partial charge < -0.3 is 5.73 Å². The summed E-state index contributed by atoms with van der Waals surface area (Å²) in [5, 5.41) is 0. The molecule has 1 unspecified atom stereocenters. The van der Waals surface area contributed by atoms with Crippen LogP contribution in [-0.4, -0.2) is 0 Å². The molecule has 0 fully saturated rings. The highest BCUT2D eigenvalue weighted by Gasteiger charge is 2.21. The molecule has 0 aromatic heterocycles. The van der Waals surface area contributed by atoms with Crippen molar-refractivity contribution in [3.63, 3.8) is 0 Å². The first-order valence-corrected chi connectivity index (χ1v) is 6.60. The second kappa shape index (κ2) is 5.01. The maximum atomic E-state index is 6.21. The number of nitrogens with two attached hydrogens (primary N) is 1. The van der Waals surface area contributed by atoms with E-state index in [0.29, 0.717) is 5.92 Å². The van der Waals surface area contributed by atoms with Crippen LogP contribution in [0.1, 0.15) is 68.2 Å². The van der Waals surface area contributed by atoms with Crippen LogP contribution in [0.15, 0.2) is 18.2 Å². The molecular weight excluding hydrogens is 194 g/mol. The lowest BCUT2D eigenvalue weighted by Gasteiger charge is -2.27. The van der Waals surface area contributed by atoms with E-state index in [-0.39, 0.29) is 6.04 Å². The zero-order chi connectivity index (χ0) is 11.5. The molecular formula is C15H23N. The summed E-state index contributed by atoms with van der Waals surface area (Å²) in [5.41, 5.74) is 10.6. The molecule has 0 saturated carbocycles. The predicted octanol–water partition coefficient (Wildman–Crippen LogP) is 3.93. The van der Waals surface area contributed by atoms with Crippen molar-refractivity contribution in [2.75, 3.05) is 0 Å². The molecule has 0 spiro atoms. The molecule has 2 N–H and O–H groups in total. The van der Waals surface area contributed by atoms with Crippen molar-refractivity contribution in [2.45, 2.75) is 57.9 Å². The van der Waals surface area contributed by atoms with Crippen molar-refractivity contribution in [1.29, 1.82) is 0 Å². The number of hydrogen-bond donors (Lipinski definition) is 1. The molecule has 88 valence electrons. The lowest BCUT2D eigenvalue weighted by Crippen LogP contribution is -2.19. The summed E-state index contributed by atoms with van der Waals surface area (Å²) >= 11 is 0. The maximum absolute atomic E-state index is 6.21. The second-order valence-corrected chi connectivity index (χ2v) is 5.15. The van der Waals surface area contributed by atoms with E-state index in [1.807, 2.05) is 0 Å². The van der Waals surface area contributed by atoms with Gasteiger partial charge in [0.05, 0.1) is 0 Å². The van der Waals surface area contributed by atoms with Crippen LogP contribution in [0.2, 0.25) is 0 Å². The van der Waals surface area contributed by atoms with Crippen molar-refractivity contribution in [3.8, 4) is 0 Å². The Morgan fingerprint density at radius 3 is 2.81 bits per heavy atom. The fourth-order valence-corrected chi connectivity index (χ4v) is 2.67. The number of benzene rings is 1. The molecule has 0 saturated heterocycles. The summed E-state index contributed by atoms with van der Waals surface area (Å²) in [7, 11) is 0. The van der Waals surface area contributed by atoms with Gasteiger partial charge in [0.1, 0.15) is 0 Å². The molecule has 1 heteroatoms. The lowest BCUT2D eigenvalue weighted by molar-refractivity contribution is 0.513. The highest BCUT2D eigenvalue weighted by Crippen LogP contribution is 2.36. The van der Waals surface area contributed by atoms with Crippen molar-refractivity contribution < 1.29 is 0 Å². The number of rotatable bonds is 3. The summed E-state index contributed by atoms with van der Waals surface area (Å²) in [6.07, 6.45) is 6.13. The molecule has 2 atom stereocenters. The Balaban J connectivity index is 2.25. The second-order valence-electron chi connectivity index (χ2n) is 5.15. The minimum atomic E-state index is 0.271. The molecule has 0 aliphatic heterocycles. The Morgan fingerprint density at radius 1 is 1.25 bits per heavy atom. The number of aryl methyl sites for hydroxylation is 1. The van der Waals surface area contributed by atoms with Gasteiger partial charge in [0.25, 0.3) is 0 Å². The number of unbranched alkanes of at least 4 members (excludes halogenated alkanes) is 1. The first kappa shape index (κ1) is 11.7. The molecule has 1 aromatic rings. The third-order valence-corrected chi connectivity index (χ3v) is 3.81. The van der Waals surface area contributed by atoms with Gasteiger partial charge in [-0.2, -0.15) is 0 Å². The van der Waals surface area contributed by atoms with Gasteiger partial charge >= 0.3 is 0 Å². The lowest BCUT2D eigenvalue weighted by atomic mass is 9.80. The number of hydrogen-bond acceptors (Lipinski definition) is 1. The third-order valence-electron chi connectivity index (χ3n) is 3.81. The first-order chi connectivity index (χ1) is 7.72. The summed E-state index contributed by atoms with van der Waals surface area (Å²) in [5.74, 6) is 0.690. The zero-order valence-electron chi connectivity index (χ0n) is 10.5. The summed E-state index contributed by atoms with van der Waals surface area (Å²) in [4.78, 5) is 0. The first-order valence-electron chi connectivity index (χ1n) is 6.60. The smallest absolute Gasteiger partial charge is 0.0297 e. The van der Waals surface area contributed by atoms with Gasteiger partial charge in [0.2, 0.25) is 0 Å². The SMILES string of the molecule is CCCCc1ccc2c(c1)[C@H](N)CCC2C. The molecule has 1 aromatic carbocycles. The monoisotopic (exact) mass is 217 g/mol. The molecule has 2 rings (SSSR count). The van der Waals surface area contributed by atoms with Gasteiger partial charge in [-0.15, -0.1) is 0 Å². The quantitative estimate of drug-likeness (QED) is 0.815. The fourth-order valence-electron chi connectivity index (χ4n) is 2.67. The van der Waals surface area contributed by atoms with Crippen LogP contribution in [0, 0.1) is 0 Å². The average Bonchev–Trinajstić information content (AvgIpc) is 2.31. The van der Waals surface area contributed by atoms with Crippen LogP contribution >= 0.6 is 0 Å². The molecule has 0 bridgehead atoms. The largest absolute Gasteiger partial charge is 0.324 e. The van der Waals surface area contributed by atoms with Gasteiger partial charge in [-0.25, -0.2) is 0 Å². The van der Waals surface area contributed by atoms with Gasteiger partial charge in [-0.3, -0.25) is 0 Å². The summed E-state index contributed by atoms with van der Waals surface area (Å²) in [6.45, 7) is 4.56. The molecule has 0 heterocycles. The van der Waals surface area contributed by atoms with Crippen LogP contribution in [0.4, 0.5) is 0 Å². The minimum absolute atomic E-state index is 0.271. The van der Waals surface area contributed by atoms with Gasteiger partial charge in [-0.1, -0.05) is 38.5 Å². The van der Waals surface area contributed by atoms with E-state index in [2.05, 4.69) is 32.0 Å². The van der Waals surface area contributed by atoms with Crippen LogP contribution < -0.4 is 5.73 Å². The molecule has 1 nitrogen and oxygen atoms in total. The van der Waals surface area contributed by atoms with Crippen molar-refractivity contribution in [3.05, 3.63) is 34.9 Å². The third kappa shape index (κ3) is 2.30. The van der Waals surface area contributed by atoms with E-state index < -0.39 is 0 Å². The summed E-state index contributed by atoms with van der Waals surface area (Å²) < 4.78 is 0. The molecule has 0 radical (unpaired) electrons. The fraction of sp³-hybridized carbons (Fsp3) is 0.600. The van der Waals surface area contributed by atoms with E-state index in [1.165, 1.54) is 42.4 Å². The van der Waals surface area contributed by atoms with Gasteiger partial charge in [0.15, 0.2) is 0 Å². The maximum Gasteiger partial charge on any atom is 0.0297 e. The molecule has 0 amide bonds. The Bertz CT molecular complexity index is 356. The van der Waals surface area contributed by atoms with Crippen molar-refractivity contribution in [1.82, 2.24) is 0 Å². The molecule has 16 heavy (non-hydrogen) atoms. The highest BCUT2D eigenvalue weighted by atomic mass is 14.6. The molecule has 1 aliphatic rings. The topological polar surface area (TPSA) is 26.0 Å². The Labute approximate surface area is 99.0 Å². The van der Waals surface area contributed by atoms with Crippen LogP contribution in [-0.2, 0) is 6.42 Å². The van der Waals surface area contributed by atoms with Crippen LogP contribution in [0.25, 0.3) is 0 Å². The Kier molecular flexibility index (Phi) is 3.65. The van der Waals surface area contributed by atoms with Crippen molar-refractivity contribution in [2.24, 2.45) is 5.73 Å². The summed E-state index contributed by atoms with van der Waals surface area (Å²) in [6, 6.07) is 7.23. The van der Waals surface area contributed by atoms with Crippen LogP contribution in [0.3, 0.4) is 0 Å². The van der Waals surface area contributed by atoms with E-state index in [0.717, 1.165) is 6.42 Å². The van der Waals surface area contributed by atoms with E-state index in [9.17, 15) is 0 Å². The van der Waals surface area contributed by atoms with E-state index >= 15 is 0 Å². The standard InChI is InChI=1S/C15H23N/c1-3-4-5-12-7-8-13-11(2)6-9-15(16)14(13)10-12/h7-8,10-11,15H,3-6,9,16H2,1-2H3/t11?,15-/m1/s1. The van der Waals surface area contributed by atoms with Crippen molar-refractivity contribution >= 4 is 0 Å². The van der Waals surface area contributed by atoms with E-state index in [4.69, 9.17) is 5.73 Å².